The van der Waals surface area contributed by atoms with Crippen molar-refractivity contribution in [2.75, 3.05) is 0 Å². The van der Waals surface area contributed by atoms with Gasteiger partial charge in [0.1, 0.15) is 12.6 Å². The van der Waals surface area contributed by atoms with E-state index in [1.54, 1.807) is 0 Å². The number of ether oxygens (including phenoxy) is 1. The van der Waals surface area contributed by atoms with Gasteiger partial charge in [-0.15, -0.1) is 0 Å². The minimum atomic E-state index is -0.658. The second kappa shape index (κ2) is 11.1. The Bertz CT molecular complexity index is 901. The Balaban J connectivity index is 1.60. The molecule has 4 nitrogen and oxygen atoms in total. The van der Waals surface area contributed by atoms with Gasteiger partial charge in [-0.05, 0) is 16.7 Å². The van der Waals surface area contributed by atoms with Gasteiger partial charge in [0.05, 0.1) is 0 Å². The van der Waals surface area contributed by atoms with E-state index in [1.807, 2.05) is 91.0 Å². The predicted molar refractivity (Wildman–Crippen MR) is 116 cm³/mol. The molecule has 0 aliphatic heterocycles. The van der Waals surface area contributed by atoms with Gasteiger partial charge in [0, 0.05) is 12.2 Å². The molecule has 0 spiro atoms. The number of carbonyl (C=O) groups excluding carboxylic acids is 2. The number of hydrogen-bond donors (Lipinski definition) is 1. The van der Waals surface area contributed by atoms with E-state index in [-0.39, 0.29) is 11.7 Å². The molecular weight excluding hydrogens is 382 g/mol. The first-order chi connectivity index (χ1) is 14.2. The number of hydrogen-bond acceptors (Lipinski definition) is 4. The molecule has 0 heterocycles. The van der Waals surface area contributed by atoms with E-state index in [2.05, 4.69) is 5.32 Å². The third-order valence-corrected chi connectivity index (χ3v) is 5.34. The maximum atomic E-state index is 12.8. The number of thioether (sulfide) groups is 1. The fraction of sp³-hybridized carbons (Fsp3) is 0.167. The summed E-state index contributed by atoms with van der Waals surface area (Å²) >= 11 is 1.20. The number of amides is 1. The zero-order valence-electron chi connectivity index (χ0n) is 16.0. The van der Waals surface area contributed by atoms with E-state index < -0.39 is 12.1 Å². The van der Waals surface area contributed by atoms with Crippen molar-refractivity contribution in [1.82, 2.24) is 5.32 Å². The highest BCUT2D eigenvalue weighted by atomic mass is 32.2. The average Bonchev–Trinajstić information content (AvgIpc) is 2.78. The van der Waals surface area contributed by atoms with Crippen molar-refractivity contribution in [3.63, 3.8) is 0 Å². The van der Waals surface area contributed by atoms with Crippen LogP contribution in [0.5, 0.6) is 0 Å². The molecule has 29 heavy (non-hydrogen) atoms. The van der Waals surface area contributed by atoms with Gasteiger partial charge in [0.15, 0.2) is 0 Å². The molecule has 1 amide bonds. The van der Waals surface area contributed by atoms with Crippen molar-refractivity contribution in [2.24, 2.45) is 0 Å². The molecule has 3 aromatic rings. The fourth-order valence-electron chi connectivity index (χ4n) is 2.78. The van der Waals surface area contributed by atoms with Crippen molar-refractivity contribution < 1.29 is 14.3 Å². The van der Waals surface area contributed by atoms with Crippen LogP contribution < -0.4 is 5.32 Å². The summed E-state index contributed by atoms with van der Waals surface area (Å²) in [6, 6.07) is 28.2. The number of carbonyl (C=O) groups is 2. The van der Waals surface area contributed by atoms with E-state index in [1.165, 1.54) is 11.8 Å². The first-order valence-electron chi connectivity index (χ1n) is 9.42. The highest BCUT2D eigenvalue weighted by Crippen LogP contribution is 2.17. The second-order valence-corrected chi connectivity index (χ2v) is 7.52. The fourth-order valence-corrected chi connectivity index (χ4v) is 3.62. The Morgan fingerprint density at radius 1 is 0.759 bits per heavy atom. The minimum Gasteiger partial charge on any atom is -0.445 e. The van der Waals surface area contributed by atoms with E-state index in [4.69, 9.17) is 4.74 Å². The Kier molecular flexibility index (Phi) is 7.90. The third kappa shape index (κ3) is 7.12. The Morgan fingerprint density at radius 3 is 1.86 bits per heavy atom. The van der Waals surface area contributed by atoms with Gasteiger partial charge in [0.25, 0.3) is 0 Å². The van der Waals surface area contributed by atoms with E-state index in [0.29, 0.717) is 12.2 Å². The summed E-state index contributed by atoms with van der Waals surface area (Å²) < 4.78 is 5.30. The molecule has 0 radical (unpaired) electrons. The smallest absolute Gasteiger partial charge is 0.408 e. The van der Waals surface area contributed by atoms with Gasteiger partial charge in [-0.2, -0.15) is 0 Å². The van der Waals surface area contributed by atoms with Crippen LogP contribution in [0.2, 0.25) is 0 Å². The Morgan fingerprint density at radius 2 is 1.28 bits per heavy atom. The van der Waals surface area contributed by atoms with Crippen molar-refractivity contribution in [3.8, 4) is 0 Å². The Labute approximate surface area is 175 Å². The third-order valence-electron chi connectivity index (χ3n) is 4.30. The van der Waals surface area contributed by atoms with E-state index in [9.17, 15) is 9.59 Å². The normalized spacial score (nSPS) is 11.4. The zero-order valence-corrected chi connectivity index (χ0v) is 16.8. The summed E-state index contributed by atoms with van der Waals surface area (Å²) in [4.78, 5) is 25.1. The number of nitrogens with one attached hydrogen (secondary N) is 1. The molecule has 0 fully saturated rings. The lowest BCUT2D eigenvalue weighted by molar-refractivity contribution is -0.112. The lowest BCUT2D eigenvalue weighted by Gasteiger charge is -2.17. The van der Waals surface area contributed by atoms with Crippen LogP contribution in [0.3, 0.4) is 0 Å². The lowest BCUT2D eigenvalue weighted by atomic mass is 10.1. The molecule has 0 unspecified atom stereocenters. The lowest BCUT2D eigenvalue weighted by Crippen LogP contribution is -2.41. The molecular formula is C24H23NO3S. The molecule has 0 bridgehead atoms. The molecule has 5 heteroatoms. The van der Waals surface area contributed by atoms with Crippen molar-refractivity contribution in [3.05, 3.63) is 108 Å². The summed E-state index contributed by atoms with van der Waals surface area (Å²) in [5.74, 6) is 0.561. The standard InChI is InChI=1S/C24H23NO3S/c26-23(29-18-21-14-8-3-9-15-21)22(16-19-10-4-1-5-11-19)25-24(27)28-17-20-12-6-2-7-13-20/h1-15,22H,16-18H2,(H,25,27)/t22-/m0/s1. The summed E-state index contributed by atoms with van der Waals surface area (Å²) in [5, 5.41) is 2.65. The van der Waals surface area contributed by atoms with E-state index >= 15 is 0 Å². The van der Waals surface area contributed by atoms with Gasteiger partial charge < -0.3 is 10.1 Å². The summed E-state index contributed by atoms with van der Waals surface area (Å²) in [6.45, 7) is 0.163. The van der Waals surface area contributed by atoms with Crippen LogP contribution in [0.15, 0.2) is 91.0 Å². The maximum absolute atomic E-state index is 12.8. The number of rotatable bonds is 8. The maximum Gasteiger partial charge on any atom is 0.408 e. The Hall–Kier alpha value is -3.05. The largest absolute Gasteiger partial charge is 0.445 e. The molecule has 3 rings (SSSR count). The van der Waals surface area contributed by atoms with Crippen molar-refractivity contribution in [1.29, 1.82) is 0 Å². The first kappa shape index (κ1) is 20.7. The van der Waals surface area contributed by atoms with Gasteiger partial charge in [-0.1, -0.05) is 103 Å². The number of benzene rings is 3. The molecule has 0 aliphatic rings. The average molecular weight is 406 g/mol. The van der Waals surface area contributed by atoms with Crippen LogP contribution in [0.25, 0.3) is 0 Å². The topological polar surface area (TPSA) is 55.4 Å². The number of alkyl carbamates (subject to hydrolysis) is 1. The molecule has 0 aliphatic carbocycles. The van der Waals surface area contributed by atoms with Gasteiger partial charge >= 0.3 is 6.09 Å². The quantitative estimate of drug-likeness (QED) is 0.574. The first-order valence-corrected chi connectivity index (χ1v) is 10.4. The molecule has 0 saturated heterocycles. The van der Waals surface area contributed by atoms with Crippen molar-refractivity contribution >= 4 is 23.0 Å². The highest BCUT2D eigenvalue weighted by Gasteiger charge is 2.22. The molecule has 1 atom stereocenters. The van der Waals surface area contributed by atoms with Gasteiger partial charge in [-0.3, -0.25) is 4.79 Å². The molecule has 148 valence electrons. The highest BCUT2D eigenvalue weighted by molar-refractivity contribution is 8.13. The van der Waals surface area contributed by atoms with Crippen LogP contribution in [-0.2, 0) is 28.3 Å². The summed E-state index contributed by atoms with van der Waals surface area (Å²) in [7, 11) is 0. The van der Waals surface area contributed by atoms with Crippen LogP contribution in [0.4, 0.5) is 4.79 Å². The van der Waals surface area contributed by atoms with Crippen LogP contribution >= 0.6 is 11.8 Å². The minimum absolute atomic E-state index is 0.0885. The van der Waals surface area contributed by atoms with Crippen molar-refractivity contribution in [2.45, 2.75) is 24.8 Å². The van der Waals surface area contributed by atoms with Crippen LogP contribution in [0.1, 0.15) is 16.7 Å². The summed E-state index contributed by atoms with van der Waals surface area (Å²) in [6.07, 6.45) is -0.175. The van der Waals surface area contributed by atoms with Gasteiger partial charge in [0.2, 0.25) is 5.12 Å². The molecule has 0 aromatic heterocycles. The second-order valence-electron chi connectivity index (χ2n) is 6.54. The molecule has 1 N–H and O–H groups in total. The summed E-state index contributed by atoms with van der Waals surface area (Å²) in [5.41, 5.74) is 2.94. The van der Waals surface area contributed by atoms with E-state index in [0.717, 1.165) is 16.7 Å². The monoisotopic (exact) mass is 405 g/mol. The van der Waals surface area contributed by atoms with Crippen LogP contribution in [0, 0.1) is 0 Å². The predicted octanol–water partition coefficient (Wildman–Crippen LogP) is 4.98. The SMILES string of the molecule is O=C(N[C@@H](Cc1ccccc1)C(=O)SCc1ccccc1)OCc1ccccc1. The van der Waals surface area contributed by atoms with Gasteiger partial charge in [-0.25, -0.2) is 4.79 Å². The molecule has 3 aromatic carbocycles. The zero-order chi connectivity index (χ0) is 20.3. The van der Waals surface area contributed by atoms with Crippen LogP contribution in [-0.4, -0.2) is 17.3 Å². The molecule has 0 saturated carbocycles.